The van der Waals surface area contributed by atoms with Crippen molar-refractivity contribution in [3.05, 3.63) is 22.2 Å². The third kappa shape index (κ3) is 2.01. The molecule has 1 aromatic rings. The fourth-order valence-corrected chi connectivity index (χ4v) is 2.16. The fraction of sp³-hybridized carbons (Fsp3) is 0.600. The molecular weight excluding hydrogens is 194 g/mol. The van der Waals surface area contributed by atoms with Gasteiger partial charge in [-0.15, -0.1) is 0 Å². The van der Waals surface area contributed by atoms with E-state index >= 15 is 0 Å². The second kappa shape index (κ2) is 4.19. The molecule has 0 aliphatic carbocycles. The molecule has 2 rings (SSSR count). The Labute approximate surface area is 89.0 Å². The number of nitrogens with one attached hydrogen (secondary N) is 2. The summed E-state index contributed by atoms with van der Waals surface area (Å²) in [6.07, 6.45) is 5.68. The quantitative estimate of drug-likeness (QED) is 0.697. The normalized spacial score (nSPS) is 22.2. The van der Waals surface area contributed by atoms with Crippen molar-refractivity contribution in [1.29, 1.82) is 0 Å². The van der Waals surface area contributed by atoms with Crippen LogP contribution in [0.1, 0.15) is 36.6 Å². The molecule has 1 atom stereocenters. The largest absolute Gasteiger partial charge is 0.334 e. The molecule has 0 bridgehead atoms. The summed E-state index contributed by atoms with van der Waals surface area (Å²) < 4.78 is 0.571. The molecule has 0 radical (unpaired) electrons. The Hall–Kier alpha value is -0.740. The Morgan fingerprint density at radius 3 is 3.00 bits per heavy atom. The maximum atomic E-state index is 4.97. The molecule has 0 saturated carbocycles. The van der Waals surface area contributed by atoms with Gasteiger partial charge in [0, 0.05) is 23.5 Å². The number of rotatable bonds is 1. The molecule has 1 aromatic heterocycles. The van der Waals surface area contributed by atoms with Gasteiger partial charge in [-0.2, -0.15) is 0 Å². The van der Waals surface area contributed by atoms with Crippen LogP contribution in [-0.4, -0.2) is 16.5 Å². The highest BCUT2D eigenvalue weighted by Crippen LogP contribution is 2.23. The lowest BCUT2D eigenvalue weighted by Crippen LogP contribution is -2.27. The van der Waals surface area contributed by atoms with Crippen LogP contribution in [0.3, 0.4) is 0 Å². The van der Waals surface area contributed by atoms with E-state index in [-0.39, 0.29) is 0 Å². The fourth-order valence-electron chi connectivity index (χ4n) is 1.96. The van der Waals surface area contributed by atoms with Gasteiger partial charge in [0.05, 0.1) is 0 Å². The zero-order valence-electron chi connectivity index (χ0n) is 8.34. The molecule has 1 unspecified atom stereocenters. The van der Waals surface area contributed by atoms with Crippen LogP contribution in [0, 0.1) is 11.7 Å². The first-order valence-electron chi connectivity index (χ1n) is 5.06. The van der Waals surface area contributed by atoms with Gasteiger partial charge >= 0.3 is 0 Å². The van der Waals surface area contributed by atoms with Gasteiger partial charge in [-0.05, 0) is 38.5 Å². The standard InChI is InChI=1S/C10H15N3S/c1-7-8(6-12-10(14)13-7)9-4-2-3-5-11-9/h6,9,11H,2-5H2,1H3,(H,12,13,14). The lowest BCUT2D eigenvalue weighted by Gasteiger charge is -2.24. The van der Waals surface area contributed by atoms with Crippen LogP contribution in [0.25, 0.3) is 0 Å². The lowest BCUT2D eigenvalue weighted by molar-refractivity contribution is 0.409. The average Bonchev–Trinajstić information content (AvgIpc) is 2.19. The van der Waals surface area contributed by atoms with Crippen molar-refractivity contribution in [2.24, 2.45) is 0 Å². The number of aromatic nitrogens is 2. The summed E-state index contributed by atoms with van der Waals surface area (Å²) in [4.78, 5) is 7.23. The van der Waals surface area contributed by atoms with Gasteiger partial charge in [0.25, 0.3) is 0 Å². The van der Waals surface area contributed by atoms with Gasteiger partial charge in [-0.25, -0.2) is 4.98 Å². The number of aryl methyl sites for hydroxylation is 1. The number of H-pyrrole nitrogens is 1. The summed E-state index contributed by atoms with van der Waals surface area (Å²) in [5, 5.41) is 3.50. The van der Waals surface area contributed by atoms with E-state index in [0.717, 1.165) is 12.2 Å². The Morgan fingerprint density at radius 2 is 2.36 bits per heavy atom. The Kier molecular flexibility index (Phi) is 2.93. The van der Waals surface area contributed by atoms with Crippen molar-refractivity contribution >= 4 is 12.2 Å². The van der Waals surface area contributed by atoms with Gasteiger partial charge < -0.3 is 10.3 Å². The monoisotopic (exact) mass is 209 g/mol. The lowest BCUT2D eigenvalue weighted by atomic mass is 9.98. The van der Waals surface area contributed by atoms with Crippen molar-refractivity contribution in [1.82, 2.24) is 15.3 Å². The molecule has 76 valence electrons. The maximum Gasteiger partial charge on any atom is 0.196 e. The minimum absolute atomic E-state index is 0.461. The molecule has 14 heavy (non-hydrogen) atoms. The molecule has 0 amide bonds. The van der Waals surface area contributed by atoms with Crippen LogP contribution in [0.2, 0.25) is 0 Å². The molecule has 3 nitrogen and oxygen atoms in total. The first kappa shape index (κ1) is 9.80. The molecule has 1 aliphatic heterocycles. The molecule has 2 heterocycles. The molecule has 1 saturated heterocycles. The summed E-state index contributed by atoms with van der Waals surface area (Å²) in [6, 6.07) is 0.461. The van der Waals surface area contributed by atoms with Crippen LogP contribution in [-0.2, 0) is 0 Å². The van der Waals surface area contributed by atoms with E-state index in [1.807, 2.05) is 6.20 Å². The predicted octanol–water partition coefficient (Wildman–Crippen LogP) is 2.26. The third-order valence-corrected chi connectivity index (χ3v) is 2.94. The van der Waals surface area contributed by atoms with E-state index in [9.17, 15) is 0 Å². The Balaban J connectivity index is 2.26. The highest BCUT2D eigenvalue weighted by molar-refractivity contribution is 7.71. The first-order valence-corrected chi connectivity index (χ1v) is 5.47. The summed E-state index contributed by atoms with van der Waals surface area (Å²) in [6.45, 7) is 3.17. The van der Waals surface area contributed by atoms with Gasteiger partial charge in [0.15, 0.2) is 4.77 Å². The molecule has 0 aromatic carbocycles. The van der Waals surface area contributed by atoms with E-state index < -0.39 is 0 Å². The minimum atomic E-state index is 0.461. The molecule has 1 aliphatic rings. The highest BCUT2D eigenvalue weighted by atomic mass is 32.1. The summed E-state index contributed by atoms with van der Waals surface area (Å²) in [5.74, 6) is 0. The van der Waals surface area contributed by atoms with Crippen molar-refractivity contribution in [2.45, 2.75) is 32.2 Å². The smallest absolute Gasteiger partial charge is 0.196 e. The number of nitrogens with zero attached hydrogens (tertiary/aromatic N) is 1. The topological polar surface area (TPSA) is 40.7 Å². The van der Waals surface area contributed by atoms with Crippen LogP contribution in [0.15, 0.2) is 6.20 Å². The molecule has 4 heteroatoms. The van der Waals surface area contributed by atoms with Crippen LogP contribution < -0.4 is 5.32 Å². The number of hydrogen-bond acceptors (Lipinski definition) is 3. The second-order valence-corrected chi connectivity index (χ2v) is 4.16. The number of aromatic amines is 1. The maximum absolute atomic E-state index is 4.97. The van der Waals surface area contributed by atoms with Gasteiger partial charge in [-0.1, -0.05) is 6.42 Å². The van der Waals surface area contributed by atoms with Crippen molar-refractivity contribution in [2.75, 3.05) is 6.54 Å². The van der Waals surface area contributed by atoms with Crippen LogP contribution in [0.5, 0.6) is 0 Å². The average molecular weight is 209 g/mol. The Morgan fingerprint density at radius 1 is 1.50 bits per heavy atom. The first-order chi connectivity index (χ1) is 6.77. The number of piperidine rings is 1. The molecule has 2 N–H and O–H groups in total. The summed E-state index contributed by atoms with van der Waals surface area (Å²) in [7, 11) is 0. The Bertz CT molecular complexity index is 366. The van der Waals surface area contributed by atoms with Crippen molar-refractivity contribution in [3.63, 3.8) is 0 Å². The molecular formula is C10H15N3S. The SMILES string of the molecule is Cc1[nH]c(=S)ncc1C1CCCCN1. The molecule has 1 fully saturated rings. The number of hydrogen-bond donors (Lipinski definition) is 2. The van der Waals surface area contributed by atoms with Gasteiger partial charge in [-0.3, -0.25) is 0 Å². The minimum Gasteiger partial charge on any atom is -0.334 e. The predicted molar refractivity (Wildman–Crippen MR) is 58.8 cm³/mol. The van der Waals surface area contributed by atoms with E-state index in [2.05, 4.69) is 22.2 Å². The second-order valence-electron chi connectivity index (χ2n) is 3.77. The third-order valence-electron chi connectivity index (χ3n) is 2.73. The van der Waals surface area contributed by atoms with Gasteiger partial charge in [0.1, 0.15) is 0 Å². The van der Waals surface area contributed by atoms with Crippen molar-refractivity contribution in [3.8, 4) is 0 Å². The van der Waals surface area contributed by atoms with Crippen LogP contribution in [0.4, 0.5) is 0 Å². The van der Waals surface area contributed by atoms with Crippen LogP contribution >= 0.6 is 12.2 Å². The zero-order chi connectivity index (χ0) is 9.97. The zero-order valence-corrected chi connectivity index (χ0v) is 9.16. The van der Waals surface area contributed by atoms with E-state index in [0.29, 0.717) is 10.8 Å². The van der Waals surface area contributed by atoms with Crippen molar-refractivity contribution < 1.29 is 0 Å². The highest BCUT2D eigenvalue weighted by Gasteiger charge is 2.16. The summed E-state index contributed by atoms with van der Waals surface area (Å²) >= 11 is 4.97. The van der Waals surface area contributed by atoms with E-state index in [4.69, 9.17) is 12.2 Å². The van der Waals surface area contributed by atoms with E-state index in [1.165, 1.54) is 24.8 Å². The van der Waals surface area contributed by atoms with E-state index in [1.54, 1.807) is 0 Å². The molecule has 0 spiro atoms. The summed E-state index contributed by atoms with van der Waals surface area (Å²) in [5.41, 5.74) is 2.41. The van der Waals surface area contributed by atoms with Gasteiger partial charge in [0.2, 0.25) is 0 Å².